The molecule has 5 nitrogen and oxygen atoms in total. The zero-order chi connectivity index (χ0) is 19.3. The maximum absolute atomic E-state index is 13.2. The minimum absolute atomic E-state index is 0.0397. The number of benzene rings is 1. The van der Waals surface area contributed by atoms with Gasteiger partial charge in [0.05, 0.1) is 24.4 Å². The third-order valence-corrected chi connectivity index (χ3v) is 6.13. The Hall–Kier alpha value is -2.60. The van der Waals surface area contributed by atoms with Crippen LogP contribution in [0.2, 0.25) is 0 Å². The van der Waals surface area contributed by atoms with E-state index in [1.165, 1.54) is 0 Å². The van der Waals surface area contributed by atoms with Crippen molar-refractivity contribution in [1.29, 1.82) is 0 Å². The van der Waals surface area contributed by atoms with Gasteiger partial charge >= 0.3 is 0 Å². The van der Waals surface area contributed by atoms with Crippen molar-refractivity contribution in [2.75, 3.05) is 13.7 Å². The van der Waals surface area contributed by atoms with Crippen LogP contribution >= 0.6 is 11.3 Å². The van der Waals surface area contributed by atoms with Crippen LogP contribution < -0.4 is 4.74 Å². The average Bonchev–Trinajstić information content (AvgIpc) is 3.36. The van der Waals surface area contributed by atoms with Crippen molar-refractivity contribution in [2.45, 2.75) is 38.1 Å². The molecule has 1 aliphatic heterocycles. The summed E-state index contributed by atoms with van der Waals surface area (Å²) in [7, 11) is 1.64. The average molecular weight is 397 g/mol. The van der Waals surface area contributed by atoms with Crippen molar-refractivity contribution in [3.63, 3.8) is 0 Å². The van der Waals surface area contributed by atoms with E-state index in [1.807, 2.05) is 52.7 Å². The van der Waals surface area contributed by atoms with Gasteiger partial charge in [-0.05, 0) is 30.4 Å². The third kappa shape index (κ3) is 3.97. The molecule has 1 atom stereocenters. The Labute approximate surface area is 168 Å². The molecule has 2 aromatic heterocycles. The van der Waals surface area contributed by atoms with E-state index >= 15 is 0 Å². The van der Waals surface area contributed by atoms with Gasteiger partial charge in [-0.2, -0.15) is 0 Å². The maximum Gasteiger partial charge on any atom is 0.227 e. The largest absolute Gasteiger partial charge is 0.496 e. The Bertz CT molecular complexity index is 920. The maximum atomic E-state index is 13.2. The van der Waals surface area contributed by atoms with E-state index in [9.17, 15) is 4.79 Å². The number of para-hydroxylation sites is 1. The van der Waals surface area contributed by atoms with Gasteiger partial charge in [-0.3, -0.25) is 4.79 Å². The quantitative estimate of drug-likeness (QED) is 0.602. The topological polar surface area (TPSA) is 55.6 Å². The normalized spacial score (nSPS) is 17.3. The number of hydrogen-bond acceptors (Lipinski definition) is 5. The Balaban J connectivity index is 1.57. The molecule has 1 saturated heterocycles. The first kappa shape index (κ1) is 18.7. The monoisotopic (exact) mass is 396 g/mol. The standard InChI is InChI=1S/C22H24N2O3S/c1-26-19-10-5-4-8-16(19)14-22(25)24-12-6-2-3-9-18(24)17-15-20(27-23-17)21-11-7-13-28-21/h4-5,7-8,10-11,13,15,18H,2-3,6,9,12,14H2,1H3/t18-/m0/s1. The number of thiophene rings is 1. The van der Waals surface area contributed by atoms with Crippen LogP contribution in [0.4, 0.5) is 0 Å². The lowest BCUT2D eigenvalue weighted by Gasteiger charge is -2.29. The van der Waals surface area contributed by atoms with Crippen LogP contribution in [0, 0.1) is 0 Å². The number of carbonyl (C=O) groups excluding carboxylic acids is 1. The van der Waals surface area contributed by atoms with Crippen LogP contribution in [-0.4, -0.2) is 29.6 Å². The summed E-state index contributed by atoms with van der Waals surface area (Å²) in [6, 6.07) is 13.7. The molecule has 1 aliphatic rings. The molecular formula is C22H24N2O3S. The van der Waals surface area contributed by atoms with Crippen molar-refractivity contribution in [3.05, 3.63) is 59.1 Å². The zero-order valence-corrected chi connectivity index (χ0v) is 16.8. The van der Waals surface area contributed by atoms with Gasteiger partial charge in [-0.1, -0.05) is 42.3 Å². The molecule has 1 aromatic carbocycles. The summed E-state index contributed by atoms with van der Waals surface area (Å²) in [6.45, 7) is 0.750. The van der Waals surface area contributed by atoms with Crippen molar-refractivity contribution < 1.29 is 14.1 Å². The van der Waals surface area contributed by atoms with Gasteiger partial charge in [0.15, 0.2) is 5.76 Å². The number of likely N-dealkylation sites (tertiary alicyclic amines) is 1. The van der Waals surface area contributed by atoms with Crippen LogP contribution in [0.15, 0.2) is 52.4 Å². The molecule has 0 aliphatic carbocycles. The predicted octanol–water partition coefficient (Wildman–Crippen LogP) is 5.10. The van der Waals surface area contributed by atoms with E-state index < -0.39 is 0 Å². The number of aromatic nitrogens is 1. The summed E-state index contributed by atoms with van der Waals surface area (Å²) in [5, 5.41) is 6.34. The van der Waals surface area contributed by atoms with E-state index in [2.05, 4.69) is 5.16 Å². The van der Waals surface area contributed by atoms with Crippen LogP contribution in [0.5, 0.6) is 5.75 Å². The Kier molecular flexibility index (Phi) is 5.76. The van der Waals surface area contributed by atoms with E-state index in [1.54, 1.807) is 18.4 Å². The summed E-state index contributed by atoms with van der Waals surface area (Å²) >= 11 is 1.62. The first-order valence-corrected chi connectivity index (χ1v) is 10.6. The summed E-state index contributed by atoms with van der Waals surface area (Å²) in [5.74, 6) is 1.63. The molecule has 0 bridgehead atoms. The molecule has 146 valence electrons. The molecule has 3 aromatic rings. The molecule has 0 spiro atoms. The summed E-state index contributed by atoms with van der Waals surface area (Å²) < 4.78 is 11.0. The fourth-order valence-corrected chi connectivity index (χ4v) is 4.48. The highest BCUT2D eigenvalue weighted by molar-refractivity contribution is 7.13. The second-order valence-corrected chi connectivity index (χ2v) is 7.98. The number of ether oxygens (including phenoxy) is 1. The lowest BCUT2D eigenvalue weighted by Crippen LogP contribution is -2.36. The third-order valence-electron chi connectivity index (χ3n) is 5.24. The highest BCUT2D eigenvalue weighted by Crippen LogP contribution is 2.34. The van der Waals surface area contributed by atoms with Gasteiger partial charge in [0.2, 0.25) is 5.91 Å². The van der Waals surface area contributed by atoms with Crippen molar-refractivity contribution in [3.8, 4) is 16.4 Å². The fraction of sp³-hybridized carbons (Fsp3) is 0.364. The van der Waals surface area contributed by atoms with Crippen molar-refractivity contribution in [1.82, 2.24) is 10.1 Å². The molecule has 1 amide bonds. The van der Waals surface area contributed by atoms with Gasteiger partial charge in [-0.15, -0.1) is 11.3 Å². The lowest BCUT2D eigenvalue weighted by molar-refractivity contribution is -0.133. The molecule has 0 unspecified atom stereocenters. The Morgan fingerprint density at radius 1 is 1.25 bits per heavy atom. The summed E-state index contributed by atoms with van der Waals surface area (Å²) in [5.41, 5.74) is 1.76. The van der Waals surface area contributed by atoms with Gasteiger partial charge < -0.3 is 14.2 Å². The molecule has 0 saturated carbocycles. The number of methoxy groups -OCH3 is 1. The van der Waals surface area contributed by atoms with E-state index in [-0.39, 0.29) is 11.9 Å². The van der Waals surface area contributed by atoms with E-state index in [0.717, 1.165) is 59.9 Å². The summed E-state index contributed by atoms with van der Waals surface area (Å²) in [6.07, 6.45) is 4.48. The first-order valence-electron chi connectivity index (χ1n) is 9.68. The summed E-state index contributed by atoms with van der Waals surface area (Å²) in [4.78, 5) is 16.3. The highest BCUT2D eigenvalue weighted by Gasteiger charge is 2.29. The van der Waals surface area contributed by atoms with E-state index in [0.29, 0.717) is 6.42 Å². The minimum Gasteiger partial charge on any atom is -0.496 e. The second kappa shape index (κ2) is 8.61. The molecule has 3 heterocycles. The molecule has 28 heavy (non-hydrogen) atoms. The zero-order valence-electron chi connectivity index (χ0n) is 16.0. The van der Waals surface area contributed by atoms with Gasteiger partial charge in [0, 0.05) is 18.2 Å². The molecule has 4 rings (SSSR count). The molecule has 1 fully saturated rings. The Morgan fingerprint density at radius 3 is 2.96 bits per heavy atom. The number of hydrogen-bond donors (Lipinski definition) is 0. The van der Waals surface area contributed by atoms with Crippen LogP contribution in [0.1, 0.15) is 43.0 Å². The van der Waals surface area contributed by atoms with Crippen LogP contribution in [0.25, 0.3) is 10.6 Å². The molecule has 0 radical (unpaired) electrons. The molecular weight excluding hydrogens is 372 g/mol. The lowest BCUT2D eigenvalue weighted by atomic mass is 10.0. The number of rotatable bonds is 5. The fourth-order valence-electron chi connectivity index (χ4n) is 3.81. The van der Waals surface area contributed by atoms with Crippen molar-refractivity contribution >= 4 is 17.2 Å². The first-order chi connectivity index (χ1) is 13.8. The predicted molar refractivity (Wildman–Crippen MR) is 109 cm³/mol. The van der Waals surface area contributed by atoms with Crippen molar-refractivity contribution in [2.24, 2.45) is 0 Å². The van der Waals surface area contributed by atoms with Crippen LogP contribution in [0.3, 0.4) is 0 Å². The Morgan fingerprint density at radius 2 is 2.14 bits per heavy atom. The van der Waals surface area contributed by atoms with Gasteiger partial charge in [0.1, 0.15) is 11.4 Å². The number of nitrogens with zero attached hydrogens (tertiary/aromatic N) is 2. The number of carbonyl (C=O) groups is 1. The number of amides is 1. The molecule has 0 N–H and O–H groups in total. The minimum atomic E-state index is -0.0397. The SMILES string of the molecule is COc1ccccc1CC(=O)N1CCCCC[C@H]1c1cc(-c2cccs2)on1. The highest BCUT2D eigenvalue weighted by atomic mass is 32.1. The van der Waals surface area contributed by atoms with Crippen LogP contribution in [-0.2, 0) is 11.2 Å². The molecule has 6 heteroatoms. The second-order valence-electron chi connectivity index (χ2n) is 7.03. The smallest absolute Gasteiger partial charge is 0.227 e. The van der Waals surface area contributed by atoms with E-state index in [4.69, 9.17) is 9.26 Å². The van der Waals surface area contributed by atoms with Gasteiger partial charge in [0.25, 0.3) is 0 Å². The van der Waals surface area contributed by atoms with Gasteiger partial charge in [-0.25, -0.2) is 0 Å².